The van der Waals surface area contributed by atoms with Gasteiger partial charge in [-0.25, -0.2) is 4.39 Å². The molecule has 0 aliphatic heterocycles. The van der Waals surface area contributed by atoms with E-state index in [0.717, 1.165) is 24.4 Å². The van der Waals surface area contributed by atoms with Crippen molar-refractivity contribution in [1.29, 1.82) is 0 Å². The van der Waals surface area contributed by atoms with Crippen molar-refractivity contribution in [2.24, 2.45) is 12.0 Å². The number of aryl methyl sites for hydroxylation is 2. The fourth-order valence-corrected chi connectivity index (χ4v) is 2.99. The third kappa shape index (κ3) is 5.79. The van der Waals surface area contributed by atoms with Crippen LogP contribution in [0.1, 0.15) is 42.5 Å². The lowest BCUT2D eigenvalue weighted by Crippen LogP contribution is -2.43. The Kier molecular flexibility index (Phi) is 7.36. The number of hydrogen-bond acceptors (Lipinski definition) is 3. The Labute approximate surface area is 160 Å². The standard InChI is InChI=1S/C20H30FN5O/c1-6-22-20(23-12-19(27)16-7-9-17(21)10-8-16)24-13(2)11-18-14(3)25-26(5)15(18)4/h7-10,13,19,27H,6,11-12H2,1-5H3,(H2,22,23,24). The van der Waals surface area contributed by atoms with E-state index in [2.05, 4.69) is 34.6 Å². The molecule has 0 saturated carbocycles. The summed E-state index contributed by atoms with van der Waals surface area (Å²) in [5.74, 6) is 0.324. The minimum Gasteiger partial charge on any atom is -0.386 e. The largest absolute Gasteiger partial charge is 0.386 e. The van der Waals surface area contributed by atoms with Crippen LogP contribution in [0.2, 0.25) is 0 Å². The molecule has 3 N–H and O–H groups in total. The third-order valence-electron chi connectivity index (χ3n) is 4.57. The first-order valence-electron chi connectivity index (χ1n) is 9.29. The Hall–Kier alpha value is -2.41. The predicted octanol–water partition coefficient (Wildman–Crippen LogP) is 2.40. The highest BCUT2D eigenvalue weighted by Gasteiger charge is 2.14. The molecule has 0 spiro atoms. The Morgan fingerprint density at radius 2 is 1.96 bits per heavy atom. The first-order valence-corrected chi connectivity index (χ1v) is 9.29. The summed E-state index contributed by atoms with van der Waals surface area (Å²) in [6.45, 7) is 9.09. The number of aliphatic hydroxyl groups is 1. The van der Waals surface area contributed by atoms with E-state index in [1.165, 1.54) is 17.7 Å². The molecule has 0 amide bonds. The molecule has 0 aliphatic carbocycles. The van der Waals surface area contributed by atoms with E-state index in [9.17, 15) is 9.50 Å². The van der Waals surface area contributed by atoms with Gasteiger partial charge in [-0.15, -0.1) is 0 Å². The average molecular weight is 375 g/mol. The minimum absolute atomic E-state index is 0.146. The summed E-state index contributed by atoms with van der Waals surface area (Å²) in [5.41, 5.74) is 4.08. The molecule has 6 nitrogen and oxygen atoms in total. The van der Waals surface area contributed by atoms with Gasteiger partial charge in [-0.1, -0.05) is 12.1 Å². The molecule has 27 heavy (non-hydrogen) atoms. The molecule has 0 aliphatic rings. The molecule has 2 atom stereocenters. The smallest absolute Gasteiger partial charge is 0.191 e. The summed E-state index contributed by atoms with van der Waals surface area (Å²) in [4.78, 5) is 4.47. The van der Waals surface area contributed by atoms with Crippen LogP contribution in [-0.2, 0) is 13.5 Å². The van der Waals surface area contributed by atoms with Crippen LogP contribution in [0.15, 0.2) is 29.3 Å². The molecule has 2 rings (SSSR count). The van der Waals surface area contributed by atoms with Crippen molar-refractivity contribution in [2.45, 2.75) is 46.3 Å². The van der Waals surface area contributed by atoms with Gasteiger partial charge >= 0.3 is 0 Å². The Morgan fingerprint density at radius 1 is 1.30 bits per heavy atom. The lowest BCUT2D eigenvalue weighted by atomic mass is 10.1. The normalized spacial score (nSPS) is 14.1. The number of aliphatic imine (C=N–C) groups is 1. The van der Waals surface area contributed by atoms with E-state index in [1.54, 1.807) is 12.1 Å². The molecule has 0 fully saturated rings. The SMILES string of the molecule is CCNC(=NCC(O)c1ccc(F)cc1)NC(C)Cc1c(C)nn(C)c1C. The molecule has 0 radical (unpaired) electrons. The van der Waals surface area contributed by atoms with Crippen molar-refractivity contribution < 1.29 is 9.50 Å². The van der Waals surface area contributed by atoms with Crippen LogP contribution in [-0.4, -0.2) is 40.0 Å². The molecule has 148 valence electrons. The van der Waals surface area contributed by atoms with Gasteiger partial charge in [-0.2, -0.15) is 5.10 Å². The maximum absolute atomic E-state index is 13.0. The lowest BCUT2D eigenvalue weighted by molar-refractivity contribution is 0.187. The van der Waals surface area contributed by atoms with E-state index >= 15 is 0 Å². The van der Waals surface area contributed by atoms with Gasteiger partial charge in [-0.05, 0) is 57.4 Å². The zero-order valence-corrected chi connectivity index (χ0v) is 16.8. The molecule has 0 saturated heterocycles. The van der Waals surface area contributed by atoms with Crippen molar-refractivity contribution in [3.8, 4) is 0 Å². The van der Waals surface area contributed by atoms with Crippen molar-refractivity contribution in [3.05, 3.63) is 52.6 Å². The first-order chi connectivity index (χ1) is 12.8. The van der Waals surface area contributed by atoms with Gasteiger partial charge in [0.15, 0.2) is 5.96 Å². The van der Waals surface area contributed by atoms with Gasteiger partial charge in [0.1, 0.15) is 5.82 Å². The van der Waals surface area contributed by atoms with Crippen LogP contribution in [0.4, 0.5) is 4.39 Å². The van der Waals surface area contributed by atoms with Crippen molar-refractivity contribution in [3.63, 3.8) is 0 Å². The van der Waals surface area contributed by atoms with Gasteiger partial charge in [0.2, 0.25) is 0 Å². The summed E-state index contributed by atoms with van der Waals surface area (Å²) < 4.78 is 14.9. The summed E-state index contributed by atoms with van der Waals surface area (Å²) in [7, 11) is 1.95. The van der Waals surface area contributed by atoms with Crippen LogP contribution in [0.25, 0.3) is 0 Å². The highest BCUT2D eigenvalue weighted by Crippen LogP contribution is 2.15. The number of rotatable bonds is 7. The maximum atomic E-state index is 13.0. The fourth-order valence-electron chi connectivity index (χ4n) is 2.99. The molecular formula is C20H30FN5O. The molecule has 2 aromatic rings. The van der Waals surface area contributed by atoms with Crippen LogP contribution in [0.3, 0.4) is 0 Å². The number of aromatic nitrogens is 2. The van der Waals surface area contributed by atoms with Gasteiger partial charge in [0.25, 0.3) is 0 Å². The van der Waals surface area contributed by atoms with Gasteiger partial charge in [0.05, 0.1) is 18.3 Å². The zero-order chi connectivity index (χ0) is 20.0. The lowest BCUT2D eigenvalue weighted by Gasteiger charge is -2.19. The molecular weight excluding hydrogens is 345 g/mol. The van der Waals surface area contributed by atoms with E-state index in [-0.39, 0.29) is 18.4 Å². The highest BCUT2D eigenvalue weighted by atomic mass is 19.1. The molecule has 0 bridgehead atoms. The number of aliphatic hydroxyl groups excluding tert-OH is 1. The Balaban J connectivity index is 2.00. The molecule has 2 unspecified atom stereocenters. The van der Waals surface area contributed by atoms with E-state index in [0.29, 0.717) is 11.5 Å². The second-order valence-corrected chi connectivity index (χ2v) is 6.81. The quantitative estimate of drug-likeness (QED) is 0.513. The Morgan fingerprint density at radius 3 is 2.52 bits per heavy atom. The van der Waals surface area contributed by atoms with Crippen molar-refractivity contribution in [2.75, 3.05) is 13.1 Å². The van der Waals surface area contributed by atoms with Crippen LogP contribution in [0.5, 0.6) is 0 Å². The van der Waals surface area contributed by atoms with Crippen molar-refractivity contribution in [1.82, 2.24) is 20.4 Å². The topological polar surface area (TPSA) is 74.5 Å². The maximum Gasteiger partial charge on any atom is 0.191 e. The second kappa shape index (κ2) is 9.50. The summed E-state index contributed by atoms with van der Waals surface area (Å²) in [5, 5.41) is 21.3. The highest BCUT2D eigenvalue weighted by molar-refractivity contribution is 5.80. The fraction of sp³-hybridized carbons (Fsp3) is 0.500. The molecule has 1 heterocycles. The number of nitrogens with one attached hydrogen (secondary N) is 2. The number of guanidine groups is 1. The predicted molar refractivity (Wildman–Crippen MR) is 106 cm³/mol. The van der Waals surface area contributed by atoms with Gasteiger partial charge < -0.3 is 15.7 Å². The van der Waals surface area contributed by atoms with Crippen molar-refractivity contribution >= 4 is 5.96 Å². The molecule has 1 aromatic heterocycles. The number of benzene rings is 1. The van der Waals surface area contributed by atoms with Crippen LogP contribution >= 0.6 is 0 Å². The third-order valence-corrected chi connectivity index (χ3v) is 4.57. The minimum atomic E-state index is -0.779. The molecule has 1 aromatic carbocycles. The van der Waals surface area contributed by atoms with Crippen LogP contribution < -0.4 is 10.6 Å². The summed E-state index contributed by atoms with van der Waals surface area (Å²) >= 11 is 0. The number of halogens is 1. The molecule has 7 heteroatoms. The van der Waals surface area contributed by atoms with Gasteiger partial charge in [0, 0.05) is 25.3 Å². The summed E-state index contributed by atoms with van der Waals surface area (Å²) in [6.07, 6.45) is 0.0513. The number of nitrogens with zero attached hydrogens (tertiary/aromatic N) is 3. The number of hydrogen-bond donors (Lipinski definition) is 3. The first kappa shape index (κ1) is 20.9. The van der Waals surface area contributed by atoms with Gasteiger partial charge in [-0.3, -0.25) is 9.67 Å². The summed E-state index contributed by atoms with van der Waals surface area (Å²) in [6, 6.07) is 5.98. The van der Waals surface area contributed by atoms with Crippen LogP contribution in [0, 0.1) is 19.7 Å². The average Bonchev–Trinajstić information content (AvgIpc) is 2.86. The van der Waals surface area contributed by atoms with E-state index in [4.69, 9.17) is 0 Å². The van der Waals surface area contributed by atoms with E-state index in [1.807, 2.05) is 25.6 Å². The zero-order valence-electron chi connectivity index (χ0n) is 16.8. The monoisotopic (exact) mass is 375 g/mol. The second-order valence-electron chi connectivity index (χ2n) is 6.81. The van der Waals surface area contributed by atoms with E-state index < -0.39 is 6.10 Å². The Bertz CT molecular complexity index is 769.